The zero-order valence-corrected chi connectivity index (χ0v) is 18.2. The van der Waals surface area contributed by atoms with Gasteiger partial charge in [0.15, 0.2) is 11.5 Å². The van der Waals surface area contributed by atoms with Crippen LogP contribution in [0.2, 0.25) is 0 Å². The molecule has 31 heavy (non-hydrogen) atoms. The monoisotopic (exact) mass is 463 g/mol. The number of hydrogen-bond donors (Lipinski definition) is 0. The first-order chi connectivity index (χ1) is 15.3. The molecule has 0 bridgehead atoms. The van der Waals surface area contributed by atoms with Crippen LogP contribution in [0.3, 0.4) is 0 Å². The lowest BCUT2D eigenvalue weighted by molar-refractivity contribution is 0.482. The van der Waals surface area contributed by atoms with E-state index in [-0.39, 0.29) is 0 Å². The van der Waals surface area contributed by atoms with Gasteiger partial charge in [0.25, 0.3) is 0 Å². The van der Waals surface area contributed by atoms with E-state index in [1.54, 1.807) is 0 Å². The van der Waals surface area contributed by atoms with Crippen LogP contribution in [0.5, 0.6) is 11.5 Å². The third-order valence-corrected chi connectivity index (χ3v) is 6.36. The second-order valence-corrected chi connectivity index (χ2v) is 8.43. The maximum atomic E-state index is 6.54. The summed E-state index contributed by atoms with van der Waals surface area (Å²) in [6, 6.07) is 37.8. The van der Waals surface area contributed by atoms with Crippen LogP contribution in [-0.2, 0) is 0 Å². The van der Waals surface area contributed by atoms with Crippen LogP contribution in [-0.4, -0.2) is 0 Å². The van der Waals surface area contributed by atoms with Crippen LogP contribution in [0, 0.1) is 0 Å². The maximum Gasteiger partial charge on any atom is 0.159 e. The van der Waals surface area contributed by atoms with Gasteiger partial charge in [-0.2, -0.15) is 0 Å². The minimum absolute atomic E-state index is 0.833. The van der Waals surface area contributed by atoms with E-state index in [0.29, 0.717) is 0 Å². The van der Waals surface area contributed by atoms with Gasteiger partial charge in [-0.05, 0) is 46.8 Å². The van der Waals surface area contributed by atoms with Gasteiger partial charge in [0.1, 0.15) is 0 Å². The van der Waals surface area contributed by atoms with Gasteiger partial charge in [-0.15, -0.1) is 0 Å². The molecular formula is C28H18BrNO. The van der Waals surface area contributed by atoms with E-state index < -0.39 is 0 Å². The summed E-state index contributed by atoms with van der Waals surface area (Å²) in [5.74, 6) is 1.72. The second-order valence-electron chi connectivity index (χ2n) is 7.57. The van der Waals surface area contributed by atoms with Crippen molar-refractivity contribution in [1.82, 2.24) is 0 Å². The molecule has 6 rings (SSSR count). The van der Waals surface area contributed by atoms with E-state index in [1.807, 2.05) is 12.1 Å². The fraction of sp³-hybridized carbons (Fsp3) is 0. The van der Waals surface area contributed by atoms with Crippen LogP contribution < -0.4 is 9.64 Å². The summed E-state index contributed by atoms with van der Waals surface area (Å²) in [5.41, 5.74) is 5.46. The van der Waals surface area contributed by atoms with E-state index >= 15 is 0 Å². The van der Waals surface area contributed by atoms with Crippen LogP contribution in [0.25, 0.3) is 21.9 Å². The minimum atomic E-state index is 0.833. The molecule has 3 heteroatoms. The smallest absolute Gasteiger partial charge is 0.159 e. The summed E-state index contributed by atoms with van der Waals surface area (Å²) < 4.78 is 7.55. The van der Waals surface area contributed by atoms with Gasteiger partial charge >= 0.3 is 0 Å². The van der Waals surface area contributed by atoms with Gasteiger partial charge in [0, 0.05) is 15.5 Å². The largest absolute Gasteiger partial charge is 0.452 e. The maximum absolute atomic E-state index is 6.54. The fourth-order valence-electron chi connectivity index (χ4n) is 4.25. The summed E-state index contributed by atoms with van der Waals surface area (Å²) in [7, 11) is 0. The third-order valence-electron chi connectivity index (χ3n) is 5.70. The Balaban J connectivity index is 1.64. The molecule has 0 spiro atoms. The lowest BCUT2D eigenvalue weighted by Gasteiger charge is -2.34. The number of hydrogen-bond acceptors (Lipinski definition) is 2. The Hall–Kier alpha value is -3.56. The Labute approximate surface area is 189 Å². The average Bonchev–Trinajstić information content (AvgIpc) is 2.83. The topological polar surface area (TPSA) is 12.5 Å². The van der Waals surface area contributed by atoms with Crippen molar-refractivity contribution in [2.75, 3.05) is 4.90 Å². The van der Waals surface area contributed by atoms with E-state index in [0.717, 1.165) is 54.9 Å². The van der Waals surface area contributed by atoms with Crippen LogP contribution in [0.15, 0.2) is 114 Å². The zero-order chi connectivity index (χ0) is 20.8. The molecule has 0 saturated carbocycles. The third kappa shape index (κ3) is 3.01. The van der Waals surface area contributed by atoms with Gasteiger partial charge in [-0.25, -0.2) is 0 Å². The van der Waals surface area contributed by atoms with Crippen molar-refractivity contribution >= 4 is 43.8 Å². The van der Waals surface area contributed by atoms with Gasteiger partial charge < -0.3 is 9.64 Å². The summed E-state index contributed by atoms with van der Waals surface area (Å²) in [5, 5.41) is 2.27. The highest BCUT2D eigenvalue weighted by molar-refractivity contribution is 9.10. The molecule has 0 aromatic heterocycles. The number of fused-ring (bicyclic) bond motifs is 4. The van der Waals surface area contributed by atoms with E-state index in [9.17, 15) is 0 Å². The lowest BCUT2D eigenvalue weighted by atomic mass is 10.0. The van der Waals surface area contributed by atoms with Crippen molar-refractivity contribution in [2.24, 2.45) is 0 Å². The number of ether oxygens (including phenoxy) is 1. The Kier molecular flexibility index (Phi) is 4.29. The standard InChI is InChI=1S/C28H18BrNO/c29-24-18-27-26(17-23(24)19-9-3-1-4-10-19)30(21-12-5-2-6-13-21)25-16-15-20-11-7-8-14-22(20)28(25)31-27/h1-18H. The zero-order valence-electron chi connectivity index (χ0n) is 16.6. The summed E-state index contributed by atoms with van der Waals surface area (Å²) in [6.07, 6.45) is 0. The summed E-state index contributed by atoms with van der Waals surface area (Å²) >= 11 is 3.78. The number of nitrogens with zero attached hydrogens (tertiary/aromatic N) is 1. The first kappa shape index (κ1) is 18.2. The molecule has 1 heterocycles. The molecule has 1 aliphatic rings. The van der Waals surface area contributed by atoms with Gasteiger partial charge in [0.2, 0.25) is 0 Å². The van der Waals surface area contributed by atoms with Crippen LogP contribution in [0.1, 0.15) is 0 Å². The molecule has 5 aromatic carbocycles. The fourth-order valence-corrected chi connectivity index (χ4v) is 4.80. The molecule has 0 unspecified atom stereocenters. The van der Waals surface area contributed by atoms with Crippen molar-refractivity contribution in [3.8, 4) is 22.6 Å². The second kappa shape index (κ2) is 7.29. The Bertz CT molecular complexity index is 1410. The Morgan fingerprint density at radius 3 is 2.16 bits per heavy atom. The van der Waals surface area contributed by atoms with Crippen molar-refractivity contribution in [3.63, 3.8) is 0 Å². The normalized spacial score (nSPS) is 12.2. The predicted octanol–water partition coefficient (Wildman–Crippen LogP) is 8.84. The molecule has 0 N–H and O–H groups in total. The Morgan fingerprint density at radius 1 is 0.645 bits per heavy atom. The summed E-state index contributed by atoms with van der Waals surface area (Å²) in [4.78, 5) is 2.29. The number of halogens is 1. The molecule has 5 aromatic rings. The van der Waals surface area contributed by atoms with Crippen molar-refractivity contribution in [3.05, 3.63) is 114 Å². The highest BCUT2D eigenvalue weighted by atomic mass is 79.9. The predicted molar refractivity (Wildman–Crippen MR) is 132 cm³/mol. The first-order valence-electron chi connectivity index (χ1n) is 10.2. The SMILES string of the molecule is Brc1cc2c(cc1-c1ccccc1)N(c1ccccc1)c1ccc3ccccc3c1O2. The van der Waals surface area contributed by atoms with E-state index in [2.05, 4.69) is 118 Å². The molecule has 0 fully saturated rings. The molecule has 148 valence electrons. The molecule has 0 radical (unpaired) electrons. The van der Waals surface area contributed by atoms with E-state index in [4.69, 9.17) is 4.74 Å². The number of para-hydroxylation sites is 1. The molecule has 2 nitrogen and oxygen atoms in total. The highest BCUT2D eigenvalue weighted by Gasteiger charge is 2.28. The average molecular weight is 464 g/mol. The van der Waals surface area contributed by atoms with Gasteiger partial charge in [-0.1, -0.05) is 94.8 Å². The number of rotatable bonds is 2. The van der Waals surface area contributed by atoms with Gasteiger partial charge in [-0.3, -0.25) is 0 Å². The number of anilines is 3. The highest BCUT2D eigenvalue weighted by Crippen LogP contribution is 2.54. The molecule has 0 amide bonds. The van der Waals surface area contributed by atoms with Gasteiger partial charge in [0.05, 0.1) is 11.4 Å². The van der Waals surface area contributed by atoms with Crippen LogP contribution in [0.4, 0.5) is 17.1 Å². The molecule has 0 aliphatic carbocycles. The molecule has 0 atom stereocenters. The first-order valence-corrected chi connectivity index (χ1v) is 11.0. The van der Waals surface area contributed by atoms with E-state index in [1.165, 1.54) is 0 Å². The van der Waals surface area contributed by atoms with Crippen molar-refractivity contribution < 1.29 is 4.74 Å². The molecule has 0 saturated heterocycles. The molecular weight excluding hydrogens is 446 g/mol. The van der Waals surface area contributed by atoms with Crippen LogP contribution >= 0.6 is 15.9 Å². The lowest BCUT2D eigenvalue weighted by Crippen LogP contribution is -2.16. The summed E-state index contributed by atoms with van der Waals surface area (Å²) in [6.45, 7) is 0. The molecule has 1 aliphatic heterocycles. The van der Waals surface area contributed by atoms with Crippen molar-refractivity contribution in [2.45, 2.75) is 0 Å². The minimum Gasteiger partial charge on any atom is -0.452 e. The van der Waals surface area contributed by atoms with Crippen molar-refractivity contribution in [1.29, 1.82) is 0 Å². The number of benzene rings is 5. The Morgan fingerprint density at radius 2 is 1.35 bits per heavy atom. The quantitative estimate of drug-likeness (QED) is 0.254.